The van der Waals surface area contributed by atoms with Crippen LogP contribution in [0.2, 0.25) is 0 Å². The molecule has 0 aliphatic carbocycles. The first kappa shape index (κ1) is 82.7. The number of carbonyl (C=O) groups is 7. The van der Waals surface area contributed by atoms with Crippen LogP contribution in [-0.4, -0.2) is 153 Å². The highest BCUT2D eigenvalue weighted by atomic mass is 16.6. The number of aliphatic hydroxyl groups is 1. The zero-order valence-electron chi connectivity index (χ0n) is 64.8. The van der Waals surface area contributed by atoms with Gasteiger partial charge in [-0.05, 0) is 123 Å². The normalized spacial score (nSPS) is 16.7. The molecule has 9 aromatic carbocycles. The van der Waals surface area contributed by atoms with E-state index in [-0.39, 0.29) is 199 Å². The molecule has 7 amide bonds. The SMILES string of the molecule is CC(C)(C)OC(=O)NCCCC[C@H]1CN2CCNC(=O)c3ccc(c(OCc4ccccc4)c3OCc3ccccc3)C(=O)NCCN(CCNC(=O)c3ccc(c(OCc4ccccc4)c3OCc3ccccc3)C(=O)N[C@@H](CCCO)C2)CCNC(=O)c2ccc(c(OCc3ccccc3)c2OCc2ccccc2)C(=O)N1. The van der Waals surface area contributed by atoms with Crippen LogP contribution in [0.15, 0.2) is 218 Å². The van der Waals surface area contributed by atoms with Crippen LogP contribution in [0, 0.1) is 0 Å². The predicted octanol–water partition coefficient (Wildman–Crippen LogP) is 11.8. The summed E-state index contributed by atoms with van der Waals surface area (Å²) in [6.45, 7) is 5.79. The van der Waals surface area contributed by atoms with Crippen molar-refractivity contribution < 1.29 is 71.8 Å². The smallest absolute Gasteiger partial charge is 0.407 e. The molecule has 114 heavy (non-hydrogen) atoms. The van der Waals surface area contributed by atoms with Gasteiger partial charge in [0.05, 0.1) is 33.4 Å². The van der Waals surface area contributed by atoms with Crippen LogP contribution in [0.5, 0.6) is 34.5 Å². The van der Waals surface area contributed by atoms with Crippen molar-refractivity contribution in [3.8, 4) is 34.5 Å². The second-order valence-corrected chi connectivity index (χ2v) is 28.9. The molecule has 596 valence electrons. The Kier molecular flexibility index (Phi) is 30.8. The van der Waals surface area contributed by atoms with Gasteiger partial charge in [0.25, 0.3) is 35.4 Å². The fraction of sp³-hybridized carbons (Fsp3) is 0.322. The van der Waals surface area contributed by atoms with Gasteiger partial charge < -0.3 is 75.5 Å². The summed E-state index contributed by atoms with van der Waals surface area (Å²) in [6.07, 6.45) is 1.04. The van der Waals surface area contributed by atoms with Crippen LogP contribution >= 0.6 is 0 Å². The standard InChI is InChI=1S/C90H101N9O15/c1-90(2,3)114-89(107)95-45-23-22-37-69-55-99-53-49-94-86(104)72-40-39-71(77(108-57-63-25-10-4-11-26-63)78(72)109-58-64-27-12-5-13-28-64)83(101)91-46-50-98(51-47-92-84(102)73-41-43-75(87(105)96-69)81(112-61-67-33-18-8-19-34-67)79(73)110-59-65-29-14-6-15-30-65)52-48-93-85(103)74-42-44-76(88(106)97-70(56-99)38-24-54-100)82(113-62-68-35-20-9-21-36-68)80(74)111-60-66-31-16-7-17-32-66/h4-21,25-36,39-44,69-70,100H,22-24,37-38,45-62H2,1-3H3,(H,91,101)(H,92,102)(H,93,103)(H,94,104)(H,95,107)(H,96,105)(H,97,106)/t69-,70-/m0/s1. The van der Waals surface area contributed by atoms with Crippen molar-refractivity contribution in [2.24, 2.45) is 0 Å². The Morgan fingerprint density at radius 1 is 0.360 bits per heavy atom. The number of hydrogen-bond donors (Lipinski definition) is 8. The molecule has 24 nitrogen and oxygen atoms in total. The van der Waals surface area contributed by atoms with E-state index < -0.39 is 59.2 Å². The minimum Gasteiger partial charge on any atom is -0.484 e. The Bertz CT molecular complexity index is 4630. The zero-order valence-corrected chi connectivity index (χ0v) is 64.8. The molecule has 3 aliphatic rings. The van der Waals surface area contributed by atoms with Gasteiger partial charge in [-0.25, -0.2) is 4.79 Å². The molecule has 0 radical (unpaired) electrons. The van der Waals surface area contributed by atoms with Gasteiger partial charge in [0.2, 0.25) is 0 Å². The fourth-order valence-electron chi connectivity index (χ4n) is 13.2. The number of carbonyl (C=O) groups excluding carboxylic acids is 7. The minimum atomic E-state index is -0.782. The Morgan fingerprint density at radius 3 is 0.877 bits per heavy atom. The van der Waals surface area contributed by atoms with E-state index in [1.165, 1.54) is 36.4 Å². The van der Waals surface area contributed by atoms with Gasteiger partial charge in [-0.2, -0.15) is 0 Å². The van der Waals surface area contributed by atoms with Gasteiger partial charge in [0, 0.05) is 90.7 Å². The lowest BCUT2D eigenvalue weighted by Crippen LogP contribution is -2.51. The summed E-state index contributed by atoms with van der Waals surface area (Å²) in [5.41, 5.74) is 4.16. The third-order valence-corrected chi connectivity index (χ3v) is 19.0. The van der Waals surface area contributed by atoms with Gasteiger partial charge in [0.1, 0.15) is 45.2 Å². The van der Waals surface area contributed by atoms with Gasteiger partial charge >= 0.3 is 6.09 Å². The molecule has 0 spiro atoms. The lowest BCUT2D eigenvalue weighted by molar-refractivity contribution is 0.0525. The fourth-order valence-corrected chi connectivity index (χ4v) is 13.2. The van der Waals surface area contributed by atoms with Gasteiger partial charge in [-0.3, -0.25) is 38.6 Å². The summed E-state index contributed by atoms with van der Waals surface area (Å²) in [7, 11) is 0. The highest BCUT2D eigenvalue weighted by Crippen LogP contribution is 2.41. The Morgan fingerprint density at radius 2 is 0.614 bits per heavy atom. The van der Waals surface area contributed by atoms with Gasteiger partial charge in [-0.15, -0.1) is 0 Å². The van der Waals surface area contributed by atoms with Crippen LogP contribution in [-0.2, 0) is 44.4 Å². The van der Waals surface area contributed by atoms with E-state index in [9.17, 15) is 9.90 Å². The summed E-state index contributed by atoms with van der Waals surface area (Å²) in [6, 6.07) is 63.8. The number of amides is 7. The van der Waals surface area contributed by atoms with Crippen molar-refractivity contribution in [3.63, 3.8) is 0 Å². The monoisotopic (exact) mass is 1550 g/mol. The first-order valence-corrected chi connectivity index (χ1v) is 38.8. The summed E-state index contributed by atoms with van der Waals surface area (Å²) in [4.78, 5) is 109. The number of nitrogens with zero attached hydrogens (tertiary/aromatic N) is 2. The number of ether oxygens (including phenoxy) is 7. The second-order valence-electron chi connectivity index (χ2n) is 28.9. The lowest BCUT2D eigenvalue weighted by Gasteiger charge is -2.32. The van der Waals surface area contributed by atoms with Crippen LogP contribution in [0.1, 0.15) is 148 Å². The number of rotatable bonds is 26. The van der Waals surface area contributed by atoms with Crippen molar-refractivity contribution in [1.29, 1.82) is 0 Å². The minimum absolute atomic E-state index is 0.00304. The highest BCUT2D eigenvalue weighted by Gasteiger charge is 2.32. The Balaban J connectivity index is 1.06. The van der Waals surface area contributed by atoms with E-state index in [1.807, 2.05) is 192 Å². The molecular formula is C90H101N9O15. The third kappa shape index (κ3) is 24.9. The van der Waals surface area contributed by atoms with E-state index in [1.54, 1.807) is 20.8 Å². The first-order valence-electron chi connectivity index (χ1n) is 38.8. The molecule has 0 saturated carbocycles. The molecule has 3 aliphatic heterocycles. The summed E-state index contributed by atoms with van der Waals surface area (Å²) < 4.78 is 45.8. The van der Waals surface area contributed by atoms with E-state index in [4.69, 9.17) is 33.2 Å². The van der Waals surface area contributed by atoms with Gasteiger partial charge in [0.15, 0.2) is 34.5 Å². The number of nitrogens with one attached hydrogen (secondary N) is 7. The number of benzene rings is 9. The van der Waals surface area contributed by atoms with E-state index >= 15 is 28.8 Å². The molecule has 0 aromatic heterocycles. The van der Waals surface area contributed by atoms with Crippen molar-refractivity contribution in [1.82, 2.24) is 47.0 Å². The number of alkyl carbamates (subject to hydrolysis) is 1. The lowest BCUT2D eigenvalue weighted by atomic mass is 10.0. The molecule has 8 bridgehead atoms. The molecule has 8 N–H and O–H groups in total. The summed E-state index contributed by atoms with van der Waals surface area (Å²) in [5.74, 6) is -3.44. The van der Waals surface area contributed by atoms with Crippen molar-refractivity contribution in [2.75, 3.05) is 78.6 Å². The Hall–Kier alpha value is -12.3. The van der Waals surface area contributed by atoms with E-state index in [0.717, 1.165) is 33.4 Å². The third-order valence-electron chi connectivity index (χ3n) is 19.0. The van der Waals surface area contributed by atoms with E-state index in [2.05, 4.69) is 37.2 Å². The maximum atomic E-state index is 15.9. The Labute approximate surface area is 665 Å². The number of hydrogen-bond acceptors (Lipinski definition) is 17. The van der Waals surface area contributed by atoms with Crippen molar-refractivity contribution in [3.05, 3.63) is 285 Å². The summed E-state index contributed by atoms with van der Waals surface area (Å²) in [5, 5.41) is 32.6. The van der Waals surface area contributed by atoms with E-state index in [0.29, 0.717) is 19.3 Å². The molecule has 0 fully saturated rings. The quantitative estimate of drug-likeness (QED) is 0.0234. The van der Waals surface area contributed by atoms with Crippen molar-refractivity contribution in [2.45, 2.75) is 110 Å². The van der Waals surface area contributed by atoms with Crippen LogP contribution in [0.3, 0.4) is 0 Å². The average molecular weight is 1550 g/mol. The highest BCUT2D eigenvalue weighted by molar-refractivity contribution is 6.05. The maximum Gasteiger partial charge on any atom is 0.407 e. The molecular weight excluding hydrogens is 1450 g/mol. The van der Waals surface area contributed by atoms with Crippen molar-refractivity contribution >= 4 is 41.5 Å². The number of unbranched alkanes of at least 4 members (excludes halogenated alkanes) is 1. The van der Waals surface area contributed by atoms with Crippen LogP contribution < -0.4 is 65.6 Å². The average Bonchev–Trinajstić information content (AvgIpc) is 0.801. The largest absolute Gasteiger partial charge is 0.484 e. The van der Waals surface area contributed by atoms with Crippen LogP contribution in [0.4, 0.5) is 4.79 Å². The molecule has 0 saturated heterocycles. The topological polar surface area (TPSA) is 295 Å². The predicted molar refractivity (Wildman–Crippen MR) is 433 cm³/mol. The molecule has 9 aromatic rings. The van der Waals surface area contributed by atoms with Crippen LogP contribution in [0.25, 0.3) is 0 Å². The second kappa shape index (κ2) is 42.4. The summed E-state index contributed by atoms with van der Waals surface area (Å²) >= 11 is 0. The molecule has 4 atom stereocenters. The molecule has 2 unspecified atom stereocenters. The van der Waals surface area contributed by atoms with Gasteiger partial charge in [-0.1, -0.05) is 182 Å². The maximum absolute atomic E-state index is 15.9. The molecule has 3 heterocycles. The number of fused-ring (bicyclic) bond motifs is 18. The first-order chi connectivity index (χ1) is 55.5. The molecule has 24 heteroatoms. The number of aliphatic hydroxyl groups excluding tert-OH is 1. The zero-order chi connectivity index (χ0) is 79.9. The molecule has 12 rings (SSSR count).